The second-order valence-electron chi connectivity index (χ2n) is 5.12. The minimum absolute atomic E-state index is 0.334. The maximum Gasteiger partial charge on any atom is 0.230 e. The van der Waals surface area contributed by atoms with E-state index in [-0.39, 0.29) is 0 Å². The molecule has 1 aliphatic rings. The summed E-state index contributed by atoms with van der Waals surface area (Å²) in [5, 5.41) is 5.27. The standard InChI is InChI=1S/C15H15N3O2/c1-2-13-11(3-6-16-13)9-12(1)14-17-15(20-18-14)10-4-7-19-8-5-10/h1-3,6,9-10,16H,4-5,7-8H2. The summed E-state index contributed by atoms with van der Waals surface area (Å²) >= 11 is 0. The lowest BCUT2D eigenvalue weighted by molar-refractivity contribution is 0.0778. The molecule has 0 saturated carbocycles. The predicted octanol–water partition coefficient (Wildman–Crippen LogP) is 3.11. The molecule has 4 rings (SSSR count). The van der Waals surface area contributed by atoms with Crippen molar-refractivity contribution in [2.24, 2.45) is 0 Å². The van der Waals surface area contributed by atoms with E-state index >= 15 is 0 Å². The number of H-pyrrole nitrogens is 1. The fraction of sp³-hybridized carbons (Fsp3) is 0.333. The van der Waals surface area contributed by atoms with Gasteiger partial charge in [-0.15, -0.1) is 0 Å². The number of aromatic amines is 1. The maximum absolute atomic E-state index is 5.43. The first kappa shape index (κ1) is 11.7. The molecule has 0 radical (unpaired) electrons. The van der Waals surface area contributed by atoms with Gasteiger partial charge in [0.2, 0.25) is 11.7 Å². The largest absolute Gasteiger partial charge is 0.381 e. The second-order valence-corrected chi connectivity index (χ2v) is 5.12. The zero-order valence-corrected chi connectivity index (χ0v) is 11.0. The SMILES string of the molecule is c1cc2cc(-c3noc(C4CCOCC4)n3)ccc2[nH]1. The Morgan fingerprint density at radius 1 is 1.15 bits per heavy atom. The highest BCUT2D eigenvalue weighted by atomic mass is 16.5. The molecule has 0 atom stereocenters. The first-order chi connectivity index (χ1) is 9.90. The molecule has 0 unspecified atom stereocenters. The number of ether oxygens (including phenoxy) is 1. The molecule has 0 aliphatic carbocycles. The molecule has 102 valence electrons. The Morgan fingerprint density at radius 3 is 2.95 bits per heavy atom. The molecule has 1 saturated heterocycles. The van der Waals surface area contributed by atoms with Crippen molar-refractivity contribution >= 4 is 10.9 Å². The number of hydrogen-bond acceptors (Lipinski definition) is 4. The molecule has 0 bridgehead atoms. The van der Waals surface area contributed by atoms with Crippen molar-refractivity contribution in [3.8, 4) is 11.4 Å². The van der Waals surface area contributed by atoms with Gasteiger partial charge in [0.15, 0.2) is 0 Å². The van der Waals surface area contributed by atoms with Crippen LogP contribution in [0.1, 0.15) is 24.7 Å². The Hall–Kier alpha value is -2.14. The summed E-state index contributed by atoms with van der Waals surface area (Å²) < 4.78 is 10.8. The molecule has 0 spiro atoms. The third kappa shape index (κ3) is 2.00. The lowest BCUT2D eigenvalue weighted by Gasteiger charge is -2.17. The van der Waals surface area contributed by atoms with E-state index in [1.807, 2.05) is 24.4 Å². The van der Waals surface area contributed by atoms with Gasteiger partial charge >= 0.3 is 0 Å². The molecule has 1 aromatic carbocycles. The topological polar surface area (TPSA) is 63.9 Å². The van der Waals surface area contributed by atoms with Crippen LogP contribution >= 0.6 is 0 Å². The van der Waals surface area contributed by atoms with Gasteiger partial charge in [-0.1, -0.05) is 5.16 Å². The summed E-state index contributed by atoms with van der Waals surface area (Å²) in [5.41, 5.74) is 2.10. The molecular formula is C15H15N3O2. The Morgan fingerprint density at radius 2 is 2.05 bits per heavy atom. The summed E-state index contributed by atoms with van der Waals surface area (Å²) in [5.74, 6) is 1.73. The number of hydrogen-bond donors (Lipinski definition) is 1. The van der Waals surface area contributed by atoms with E-state index in [9.17, 15) is 0 Å². The van der Waals surface area contributed by atoms with Crippen molar-refractivity contribution < 1.29 is 9.26 Å². The molecule has 5 heteroatoms. The van der Waals surface area contributed by atoms with Crippen LogP contribution in [0.15, 0.2) is 35.0 Å². The second kappa shape index (κ2) is 4.76. The highest BCUT2D eigenvalue weighted by Gasteiger charge is 2.22. The highest BCUT2D eigenvalue weighted by Crippen LogP contribution is 2.28. The number of rotatable bonds is 2. The van der Waals surface area contributed by atoms with E-state index in [4.69, 9.17) is 9.26 Å². The van der Waals surface area contributed by atoms with Crippen LogP contribution in [0.5, 0.6) is 0 Å². The van der Waals surface area contributed by atoms with Gasteiger partial charge in [-0.05, 0) is 37.1 Å². The molecule has 1 aliphatic heterocycles. The lowest BCUT2D eigenvalue weighted by Crippen LogP contribution is -2.14. The number of nitrogens with zero attached hydrogens (tertiary/aromatic N) is 2. The Labute approximate surface area is 115 Å². The molecule has 0 amide bonds. The summed E-state index contributed by atoms with van der Waals surface area (Å²) in [6, 6.07) is 8.16. The lowest BCUT2D eigenvalue weighted by atomic mass is 10.0. The van der Waals surface area contributed by atoms with E-state index in [0.717, 1.165) is 48.4 Å². The van der Waals surface area contributed by atoms with Crippen LogP contribution in [0.25, 0.3) is 22.3 Å². The van der Waals surface area contributed by atoms with Crippen LogP contribution in [0.2, 0.25) is 0 Å². The van der Waals surface area contributed by atoms with Crippen molar-refractivity contribution in [2.45, 2.75) is 18.8 Å². The molecule has 1 fully saturated rings. The van der Waals surface area contributed by atoms with Crippen LogP contribution in [0.4, 0.5) is 0 Å². The number of aromatic nitrogens is 3. The zero-order valence-electron chi connectivity index (χ0n) is 11.0. The van der Waals surface area contributed by atoms with Crippen molar-refractivity contribution in [3.63, 3.8) is 0 Å². The molecule has 1 N–H and O–H groups in total. The van der Waals surface area contributed by atoms with Gasteiger partial charge < -0.3 is 14.2 Å². The summed E-state index contributed by atoms with van der Waals surface area (Å²) in [6.45, 7) is 1.55. The summed E-state index contributed by atoms with van der Waals surface area (Å²) in [7, 11) is 0. The Bertz CT molecular complexity index is 725. The van der Waals surface area contributed by atoms with E-state index in [1.54, 1.807) is 0 Å². The van der Waals surface area contributed by atoms with Gasteiger partial charge in [0.25, 0.3) is 0 Å². The van der Waals surface area contributed by atoms with Crippen LogP contribution < -0.4 is 0 Å². The maximum atomic E-state index is 5.43. The van der Waals surface area contributed by atoms with Gasteiger partial charge in [-0.3, -0.25) is 0 Å². The van der Waals surface area contributed by atoms with E-state index < -0.39 is 0 Å². The molecule has 5 nitrogen and oxygen atoms in total. The average molecular weight is 269 g/mol. The average Bonchev–Trinajstić information content (AvgIpc) is 3.16. The monoisotopic (exact) mass is 269 g/mol. The quantitative estimate of drug-likeness (QED) is 0.776. The van der Waals surface area contributed by atoms with Gasteiger partial charge in [-0.2, -0.15) is 4.98 Å². The zero-order chi connectivity index (χ0) is 13.4. The number of nitrogens with one attached hydrogen (secondary N) is 1. The highest BCUT2D eigenvalue weighted by molar-refractivity contribution is 5.83. The molecule has 2 aromatic heterocycles. The van der Waals surface area contributed by atoms with E-state index in [1.165, 1.54) is 0 Å². The summed E-state index contributed by atoms with van der Waals surface area (Å²) in [4.78, 5) is 7.73. The van der Waals surface area contributed by atoms with Crippen LogP contribution in [0, 0.1) is 0 Å². The van der Waals surface area contributed by atoms with E-state index in [0.29, 0.717) is 11.7 Å². The van der Waals surface area contributed by atoms with Crippen molar-refractivity contribution in [2.75, 3.05) is 13.2 Å². The van der Waals surface area contributed by atoms with Crippen molar-refractivity contribution in [3.05, 3.63) is 36.4 Å². The first-order valence-electron chi connectivity index (χ1n) is 6.89. The fourth-order valence-corrected chi connectivity index (χ4v) is 2.66. The Kier molecular flexibility index (Phi) is 2.77. The number of fused-ring (bicyclic) bond motifs is 1. The third-order valence-corrected chi connectivity index (χ3v) is 3.82. The van der Waals surface area contributed by atoms with Gasteiger partial charge in [0.1, 0.15) is 0 Å². The number of benzene rings is 1. The van der Waals surface area contributed by atoms with E-state index in [2.05, 4.69) is 21.2 Å². The van der Waals surface area contributed by atoms with Crippen molar-refractivity contribution in [1.29, 1.82) is 0 Å². The van der Waals surface area contributed by atoms with Gasteiger partial charge in [-0.25, -0.2) is 0 Å². The minimum Gasteiger partial charge on any atom is -0.381 e. The Balaban J connectivity index is 1.66. The molecule has 3 aromatic rings. The van der Waals surface area contributed by atoms with Crippen LogP contribution in [0.3, 0.4) is 0 Å². The van der Waals surface area contributed by atoms with Gasteiger partial charge in [0, 0.05) is 41.8 Å². The smallest absolute Gasteiger partial charge is 0.230 e. The fourth-order valence-electron chi connectivity index (χ4n) is 2.66. The minimum atomic E-state index is 0.334. The third-order valence-electron chi connectivity index (χ3n) is 3.82. The van der Waals surface area contributed by atoms with Crippen molar-refractivity contribution in [1.82, 2.24) is 15.1 Å². The van der Waals surface area contributed by atoms with Crippen LogP contribution in [-0.4, -0.2) is 28.3 Å². The molecule has 3 heterocycles. The molecular weight excluding hydrogens is 254 g/mol. The molecule has 20 heavy (non-hydrogen) atoms. The first-order valence-corrected chi connectivity index (χ1v) is 6.89. The van der Waals surface area contributed by atoms with Crippen LogP contribution in [-0.2, 0) is 4.74 Å². The normalized spacial score (nSPS) is 16.8. The summed E-state index contributed by atoms with van der Waals surface area (Å²) in [6.07, 6.45) is 3.84. The predicted molar refractivity (Wildman–Crippen MR) is 74.4 cm³/mol. The van der Waals surface area contributed by atoms with Gasteiger partial charge in [0.05, 0.1) is 0 Å².